The van der Waals surface area contributed by atoms with Crippen LogP contribution in [-0.4, -0.2) is 0 Å². The Labute approximate surface area is 134 Å². The van der Waals surface area contributed by atoms with E-state index >= 15 is 0 Å². The zero-order chi connectivity index (χ0) is 0. The largest absolute Gasteiger partial charge is 3.00 e. The van der Waals surface area contributed by atoms with Gasteiger partial charge in [0.15, 0.2) is 0 Å². The Morgan fingerprint density at radius 2 is 0.375 bits per heavy atom. The number of rotatable bonds is 0. The molecule has 8 heavy (non-hydrogen) atoms. The Bertz CT molecular complexity index is 10.4. The Kier molecular flexibility index (Phi) is 819. The van der Waals surface area contributed by atoms with Gasteiger partial charge in [-0.2, -0.15) is 0 Å². The second-order valence-corrected chi connectivity index (χ2v) is 0. The van der Waals surface area contributed by atoms with Crippen molar-refractivity contribution < 1.29 is 137 Å². The Balaban J connectivity index is 0. The van der Waals surface area contributed by atoms with Gasteiger partial charge in [0.05, 0.1) is 0 Å². The van der Waals surface area contributed by atoms with Gasteiger partial charge in [-0.15, -0.1) is 0 Å². The summed E-state index contributed by atoms with van der Waals surface area (Å²) in [4.78, 5) is 0. The summed E-state index contributed by atoms with van der Waals surface area (Å²) < 4.78 is 0. The van der Waals surface area contributed by atoms with E-state index in [1.165, 1.54) is 0 Å². The summed E-state index contributed by atoms with van der Waals surface area (Å²) in [6.45, 7) is 0. The van der Waals surface area contributed by atoms with Crippen LogP contribution in [0, 0.1) is 37.3 Å². The molecule has 0 unspecified atom stereocenters. The van der Waals surface area contributed by atoms with E-state index in [1.807, 2.05) is 0 Å². The Morgan fingerprint density at radius 3 is 0.375 bits per heavy atom. The van der Waals surface area contributed by atoms with E-state index in [1.54, 1.807) is 0 Å². The molecule has 0 atom stereocenters. The molecule has 0 aliphatic heterocycles. The van der Waals surface area contributed by atoms with Gasteiger partial charge in [0, 0.05) is 0 Å². The first-order valence-electron chi connectivity index (χ1n) is 0. The fourth-order valence-electron chi connectivity index (χ4n) is 0. The number of halogens is 5. The molecule has 0 bridgehead atoms. The fraction of sp³-hybridized carbons (Fsp3) is 0. The monoisotopic (exact) mass is 355 g/mol. The smallest absolute Gasteiger partial charge is 1.00 e. The fourth-order valence-corrected chi connectivity index (χ4v) is 0. The van der Waals surface area contributed by atoms with Crippen LogP contribution < -0.4 is 99.8 Å². The first kappa shape index (κ1) is 93.1. The van der Waals surface area contributed by atoms with Crippen molar-refractivity contribution in [1.82, 2.24) is 0 Å². The van der Waals surface area contributed by atoms with Crippen LogP contribution >= 0.6 is 0 Å². The van der Waals surface area contributed by atoms with Crippen LogP contribution in [0.25, 0.3) is 0 Å². The van der Waals surface area contributed by atoms with Crippen molar-refractivity contribution in [3.8, 4) is 0 Å². The van der Waals surface area contributed by atoms with Crippen LogP contribution in [0.15, 0.2) is 0 Å². The van der Waals surface area contributed by atoms with E-state index in [0.717, 1.165) is 0 Å². The van der Waals surface area contributed by atoms with Crippen molar-refractivity contribution in [3.63, 3.8) is 0 Å². The van der Waals surface area contributed by atoms with Crippen LogP contribution in [0.4, 0.5) is 0 Å². The predicted octanol–water partition coefficient (Wildman–Crippen LogP) is -21.0. The molecule has 0 N–H and O–H groups in total. The van der Waals surface area contributed by atoms with E-state index in [0.29, 0.717) is 0 Å². The van der Waals surface area contributed by atoms with E-state index in [2.05, 4.69) is 0 Å². The summed E-state index contributed by atoms with van der Waals surface area (Å²) >= 11 is 0. The van der Waals surface area contributed by atoms with Crippen LogP contribution in [0.1, 0.15) is 0 Å². The molecule has 0 aliphatic carbocycles. The third-order valence-corrected chi connectivity index (χ3v) is 0. The average Bonchev–Trinajstić information content (AvgIpc) is 0. The number of hydrogen-bond acceptors (Lipinski definition) is 0. The molecule has 0 spiro atoms. The zero-order valence-corrected chi connectivity index (χ0v) is 9.81. The molecule has 0 aromatic carbocycles. The second kappa shape index (κ2) is 70.4. The summed E-state index contributed by atoms with van der Waals surface area (Å²) in [7, 11) is 0. The standard InChI is InChI=1S/5ClH.Er.2Li/h5*1H;;;/q;;;;;+3;2*+1/p-5. The number of hydrogen-bond donors (Lipinski definition) is 0. The minimum atomic E-state index is 0. The molecule has 0 heterocycles. The molecule has 0 aromatic rings. The molecule has 0 saturated carbocycles. The normalized spacial score (nSPS) is 0. The van der Waals surface area contributed by atoms with Gasteiger partial charge in [0.1, 0.15) is 0 Å². The molecular weight excluding hydrogens is 358 g/mol. The molecule has 0 nitrogen and oxygen atoms in total. The maximum absolute atomic E-state index is 0. The third-order valence-electron chi connectivity index (χ3n) is 0. The summed E-state index contributed by atoms with van der Waals surface area (Å²) in [5.74, 6) is 0. The first-order chi connectivity index (χ1) is 0. The topological polar surface area (TPSA) is 0 Å². The zero-order valence-electron chi connectivity index (χ0n) is 4.18. The third kappa shape index (κ3) is 51.6. The maximum atomic E-state index is 0. The minimum Gasteiger partial charge on any atom is -1.00 e. The van der Waals surface area contributed by atoms with Gasteiger partial charge in [-0.05, 0) is 0 Å². The van der Waals surface area contributed by atoms with Crippen LogP contribution in [0.5, 0.6) is 0 Å². The van der Waals surface area contributed by atoms with E-state index in [9.17, 15) is 0 Å². The van der Waals surface area contributed by atoms with Gasteiger partial charge in [-0.1, -0.05) is 0 Å². The molecule has 8 heteroatoms. The molecular formula is Cl5ErLi2. The van der Waals surface area contributed by atoms with Crippen molar-refractivity contribution in [1.29, 1.82) is 0 Å². The summed E-state index contributed by atoms with van der Waals surface area (Å²) in [5, 5.41) is 0. The minimum absolute atomic E-state index is 0. The Morgan fingerprint density at radius 1 is 0.375 bits per heavy atom. The van der Waals surface area contributed by atoms with Crippen molar-refractivity contribution in [3.05, 3.63) is 0 Å². The van der Waals surface area contributed by atoms with Gasteiger partial charge in [-0.3, -0.25) is 0 Å². The summed E-state index contributed by atoms with van der Waals surface area (Å²) in [5.41, 5.74) is 0. The van der Waals surface area contributed by atoms with Gasteiger partial charge in [0.2, 0.25) is 0 Å². The molecule has 1 radical (unpaired) electrons. The van der Waals surface area contributed by atoms with Gasteiger partial charge < -0.3 is 62.0 Å². The van der Waals surface area contributed by atoms with Crippen molar-refractivity contribution in [2.75, 3.05) is 0 Å². The molecule has 0 aliphatic rings. The van der Waals surface area contributed by atoms with E-state index < -0.39 is 0 Å². The predicted molar refractivity (Wildman–Crippen MR) is 0 cm³/mol. The van der Waals surface area contributed by atoms with Crippen LogP contribution in [0.3, 0.4) is 0 Å². The summed E-state index contributed by atoms with van der Waals surface area (Å²) in [6.07, 6.45) is 0. The second-order valence-electron chi connectivity index (χ2n) is 0. The van der Waals surface area contributed by atoms with Gasteiger partial charge in [0.25, 0.3) is 0 Å². The molecule has 0 rings (SSSR count). The maximum Gasteiger partial charge on any atom is 3.00 e. The average molecular weight is 358 g/mol. The van der Waals surface area contributed by atoms with E-state index in [4.69, 9.17) is 0 Å². The Hall–Kier alpha value is 3.89. The molecule has 0 amide bonds. The quantitative estimate of drug-likeness (QED) is 0.378. The van der Waals surface area contributed by atoms with Gasteiger partial charge in [-0.25, -0.2) is 0 Å². The first-order valence-corrected chi connectivity index (χ1v) is 0. The molecule has 0 fully saturated rings. The molecule has 49 valence electrons. The van der Waals surface area contributed by atoms with Crippen LogP contribution in [-0.2, 0) is 0 Å². The SMILES string of the molecule is [Cl-].[Cl-].[Cl-].[Cl-].[Cl-].[Er+3].[Li+].[Li+]. The van der Waals surface area contributed by atoms with Crippen molar-refractivity contribution in [2.24, 2.45) is 0 Å². The summed E-state index contributed by atoms with van der Waals surface area (Å²) in [6, 6.07) is 0. The molecule has 0 aromatic heterocycles. The van der Waals surface area contributed by atoms with Crippen LogP contribution in [0.2, 0.25) is 0 Å². The molecule has 0 saturated heterocycles. The van der Waals surface area contributed by atoms with E-state index in [-0.39, 0.29) is 137 Å². The van der Waals surface area contributed by atoms with Crippen molar-refractivity contribution >= 4 is 0 Å². The van der Waals surface area contributed by atoms with Gasteiger partial charge >= 0.3 is 75.0 Å². The van der Waals surface area contributed by atoms with Crippen molar-refractivity contribution in [2.45, 2.75) is 0 Å².